The van der Waals surface area contributed by atoms with Crippen LogP contribution in [0.15, 0.2) is 93.9 Å². The Hall–Kier alpha value is -10.2. The predicted octanol–water partition coefficient (Wildman–Crippen LogP) is 8.28. The summed E-state index contributed by atoms with van der Waals surface area (Å²) in [6.07, 6.45) is 11.7. The Labute approximate surface area is 609 Å². The lowest BCUT2D eigenvalue weighted by Gasteiger charge is -2.38. The summed E-state index contributed by atoms with van der Waals surface area (Å²) in [6, 6.07) is 7.85. The highest BCUT2D eigenvalue weighted by Gasteiger charge is 2.50. The van der Waals surface area contributed by atoms with Crippen molar-refractivity contribution >= 4 is 92.2 Å². The zero-order valence-electron chi connectivity index (χ0n) is 61.6. The topological polar surface area (TPSA) is 390 Å². The van der Waals surface area contributed by atoms with Crippen LogP contribution in [0.2, 0.25) is 0 Å². The molecule has 1 aliphatic carbocycles. The number of unbranched alkanes of at least 4 members (excludes halogenated alkanes) is 2. The quantitative estimate of drug-likeness (QED) is 0.0103. The number of anilines is 3. The largest absolute Gasteiger partial charge is 0.507 e. The molecule has 0 saturated carbocycles. The third-order valence-electron chi connectivity index (χ3n) is 20.3. The highest BCUT2D eigenvalue weighted by molar-refractivity contribution is 6.22. The minimum atomic E-state index is -2.12. The number of rotatable bonds is 22. The van der Waals surface area contributed by atoms with Crippen molar-refractivity contribution in [3.8, 4) is 28.7 Å². The monoisotopic (exact) mass is 1450 g/mol. The van der Waals surface area contributed by atoms with Crippen LogP contribution in [-0.4, -0.2) is 166 Å². The van der Waals surface area contributed by atoms with E-state index in [0.717, 1.165) is 10.5 Å². The van der Waals surface area contributed by atoms with Gasteiger partial charge in [0, 0.05) is 130 Å². The maximum atomic E-state index is 15.2. The summed E-state index contributed by atoms with van der Waals surface area (Å²) in [5.41, 5.74) is 5.72. The van der Waals surface area contributed by atoms with Gasteiger partial charge in [0.1, 0.15) is 52.3 Å². The van der Waals surface area contributed by atoms with Crippen LogP contribution in [0.3, 0.4) is 0 Å². The number of carbonyl (C=O) groups is 9. The van der Waals surface area contributed by atoms with Crippen molar-refractivity contribution in [2.75, 3.05) is 55.9 Å². The van der Waals surface area contributed by atoms with Crippen LogP contribution in [0.1, 0.15) is 142 Å². The van der Waals surface area contributed by atoms with Gasteiger partial charge in [0.25, 0.3) is 23.5 Å². The second kappa shape index (κ2) is 34.2. The van der Waals surface area contributed by atoms with Gasteiger partial charge in [-0.3, -0.25) is 53.0 Å². The van der Waals surface area contributed by atoms with E-state index in [9.17, 15) is 53.7 Å². The molecule has 4 bridgehead atoms. The number of phenolic OH excluding ortho intramolecular Hbond substituents is 2. The minimum Gasteiger partial charge on any atom is -0.507 e. The van der Waals surface area contributed by atoms with Crippen molar-refractivity contribution in [3.63, 3.8) is 0 Å². The summed E-state index contributed by atoms with van der Waals surface area (Å²) >= 11 is 0. The van der Waals surface area contributed by atoms with E-state index < -0.39 is 100 Å². The second-order valence-electron chi connectivity index (χ2n) is 28.6. The number of phenols is 2. The van der Waals surface area contributed by atoms with Crippen molar-refractivity contribution in [1.82, 2.24) is 30.7 Å². The van der Waals surface area contributed by atoms with Crippen molar-refractivity contribution in [1.29, 1.82) is 0 Å². The number of aliphatic hydroxyl groups is 1. The first-order chi connectivity index (χ1) is 49.8. The van der Waals surface area contributed by atoms with Gasteiger partial charge >= 0.3 is 17.8 Å². The Kier molecular flexibility index (Phi) is 25.7. The van der Waals surface area contributed by atoms with Gasteiger partial charge in [-0.25, -0.2) is 9.78 Å². The fraction of sp³-hybridized carbons (Fsp3) is 0.494. The fourth-order valence-corrected chi connectivity index (χ4v) is 14.2. The summed E-state index contributed by atoms with van der Waals surface area (Å²) < 4.78 is 30.9. The molecule has 1 unspecified atom stereocenters. The number of esters is 1. The van der Waals surface area contributed by atoms with E-state index in [4.69, 9.17) is 34.1 Å². The fourth-order valence-electron chi connectivity index (χ4n) is 14.2. The van der Waals surface area contributed by atoms with Crippen molar-refractivity contribution in [2.24, 2.45) is 35.3 Å². The molecule has 5 aliphatic heterocycles. The van der Waals surface area contributed by atoms with Crippen LogP contribution in [-0.2, 0) is 54.3 Å². The van der Waals surface area contributed by atoms with Crippen LogP contribution in [0.25, 0.3) is 33.3 Å². The molecule has 0 spiro atoms. The summed E-state index contributed by atoms with van der Waals surface area (Å²) in [5, 5.41) is 48.9. The lowest BCUT2D eigenvalue weighted by molar-refractivity contribution is -0.159. The molecular weight excluding hydrogens is 1350 g/mol. The minimum absolute atomic E-state index is 0.00272. The molecule has 1 fully saturated rings. The molecule has 5 heterocycles. The lowest BCUT2D eigenvalue weighted by Crippen LogP contribution is -2.54. The molecule has 9 rings (SSSR count). The number of aromatic hydroxyl groups is 2. The first kappa shape index (κ1) is 78.9. The third kappa shape index (κ3) is 18.3. The molecule has 105 heavy (non-hydrogen) atoms. The average molecular weight is 1450 g/mol. The zero-order valence-corrected chi connectivity index (χ0v) is 61.6. The van der Waals surface area contributed by atoms with Gasteiger partial charge in [-0.2, -0.15) is 0 Å². The Morgan fingerprint density at radius 1 is 0.895 bits per heavy atom. The summed E-state index contributed by atoms with van der Waals surface area (Å²) in [5.74, 6) is -9.52. The van der Waals surface area contributed by atoms with E-state index in [-0.39, 0.29) is 135 Å². The number of imide groups is 1. The van der Waals surface area contributed by atoms with Crippen molar-refractivity contribution < 1.29 is 81.8 Å². The number of allylic oxidation sites excluding steroid dienone is 3. The molecule has 0 aromatic heterocycles. The number of amides is 8. The third-order valence-corrected chi connectivity index (χ3v) is 20.3. The molecule has 28 heteroatoms. The number of aromatic nitrogens is 1. The van der Waals surface area contributed by atoms with Crippen LogP contribution in [0.5, 0.6) is 17.2 Å². The average Bonchev–Trinajstić information content (AvgIpc) is 1.64. The van der Waals surface area contributed by atoms with E-state index >= 15 is 9.59 Å². The van der Waals surface area contributed by atoms with Crippen LogP contribution in [0, 0.1) is 36.5 Å². The van der Waals surface area contributed by atoms with Crippen molar-refractivity contribution in [2.45, 2.75) is 176 Å². The van der Waals surface area contributed by atoms with Gasteiger partial charge in [0.05, 0.1) is 29.4 Å². The van der Waals surface area contributed by atoms with E-state index in [0.29, 0.717) is 69.5 Å². The standard InChI is InChI=1S/C77H98N10O18/c1-40(2)62(82-56(90)21-14-13-15-32-87-57(91)26-27-58(87)92)75(99)81-52(20-17-31-79-76(78)100)74(98)80-49-24-22-48(23-25-49)39-85(11)50-28-33-86(34-29-50)51-37-53(89)63-55(38-51)104-71-64(83-63)59-60-67(94)46(8)70-61(59)72(96)77(10,105-70)102-35-30-54(101-12)44(6)69(103-47(9)88)45(7)66(93)43(5)36-41(3)18-16-19-42(4)73(97)84-65(71)68(60)95/h16,18-19,22-27,30,35,37-38,40-41,43-45,50,52,54,62,66,69,89,93-94H,13-15,17,20-21,28-29,31-34,36,39H2,1-12H3,(H,80,98)(H,81,99)(H,82,90)(H,84,97)(H3,78,79,100)/b18-16+,35-30+,42-19-/t41-,43+,44+,45+,52-,54-,62?,66+,69+,77-/m0/s1. The van der Waals surface area contributed by atoms with Crippen molar-refractivity contribution in [3.05, 3.63) is 112 Å². The predicted molar refractivity (Wildman–Crippen MR) is 393 cm³/mol. The molecule has 28 nitrogen and oxygen atoms in total. The summed E-state index contributed by atoms with van der Waals surface area (Å²) in [4.78, 5) is 144. The van der Waals surface area contributed by atoms with Crippen LogP contribution < -0.4 is 47.4 Å². The van der Waals surface area contributed by atoms with Gasteiger partial charge in [-0.05, 0) is 107 Å². The molecule has 10 atom stereocenters. The number of nitrogens with two attached hydrogens (primary N) is 1. The molecule has 10 N–H and O–H groups in total. The molecular formula is C77H98N10O18. The van der Waals surface area contributed by atoms with Crippen LogP contribution >= 0.6 is 0 Å². The van der Waals surface area contributed by atoms with Gasteiger partial charge in [0.2, 0.25) is 23.2 Å². The number of fused-ring (bicyclic) bond motifs is 2. The Morgan fingerprint density at radius 3 is 2.25 bits per heavy atom. The maximum absolute atomic E-state index is 15.2. The molecule has 564 valence electrons. The number of nitrogens with one attached hydrogen (secondary N) is 5. The number of piperidine rings is 1. The number of Topliss-reactive ketones (excluding diaryl/α,β-unsaturated/α-hetero) is 1. The summed E-state index contributed by atoms with van der Waals surface area (Å²) in [6.45, 7) is 18.7. The number of benzene rings is 4. The number of urea groups is 1. The number of ketones is 1. The molecule has 1 saturated heterocycles. The smallest absolute Gasteiger partial charge is 0.312 e. The molecule has 3 aromatic rings. The van der Waals surface area contributed by atoms with Gasteiger partial charge in [-0.1, -0.05) is 78.3 Å². The number of hydrogen-bond donors (Lipinski definition) is 9. The van der Waals surface area contributed by atoms with E-state index in [2.05, 4.69) is 36.4 Å². The lowest BCUT2D eigenvalue weighted by atomic mass is 9.79. The number of ether oxygens (including phenoxy) is 4. The zero-order chi connectivity index (χ0) is 76.5. The normalized spacial score (nSPS) is 23.6. The number of methoxy groups -OCH3 is 1. The van der Waals surface area contributed by atoms with Gasteiger partial charge < -0.3 is 75.9 Å². The number of nitrogens with zero attached hydrogens (tertiary/aromatic N) is 4. The van der Waals surface area contributed by atoms with Gasteiger partial charge in [-0.15, -0.1) is 0 Å². The number of carbonyl (C=O) groups excluding carboxylic acids is 9. The molecule has 3 aromatic carbocycles. The van der Waals surface area contributed by atoms with Crippen LogP contribution in [0.4, 0.5) is 21.9 Å². The van der Waals surface area contributed by atoms with E-state index in [1.807, 2.05) is 39.1 Å². The Bertz CT molecular complexity index is 4270. The number of aliphatic hydroxyl groups excluding tert-OH is 1. The first-order valence-electron chi connectivity index (χ1n) is 35.8. The molecule has 6 aliphatic rings. The number of primary amides is 1. The SMILES string of the molecule is CO[C@H]1/C=C/O[C@@]2(C)Oc3c(C)c(O)c4c(=O)c(c5oc6cc(N7CCC(N(C)Cc8ccc(NC(=O)[C@H](CCCNC(N)=O)NC(=O)C(NC(=O)CCCCCN9C(=O)C=CC9=O)C(C)C)cc8)CC7)cc(O)c6nc-5c4c3C2=O)NC(=O)/C(C)=C\C=C\[C@H](C)C[C@@H](C)[C@@H](O)[C@@H](C)[C@H](OC(C)=O)[C@@H]1C. The first-order valence-corrected chi connectivity index (χ1v) is 35.8. The van der Waals surface area contributed by atoms with E-state index in [1.165, 1.54) is 52.4 Å². The Morgan fingerprint density at radius 2 is 1.59 bits per heavy atom. The second-order valence-corrected chi connectivity index (χ2v) is 28.6. The molecule has 8 amide bonds. The highest BCUT2D eigenvalue weighted by Crippen LogP contribution is 2.51. The Balaban J connectivity index is 0.916. The maximum Gasteiger partial charge on any atom is 0.312 e. The number of hydrogen-bond acceptors (Lipinski definition) is 21. The summed E-state index contributed by atoms with van der Waals surface area (Å²) in [7, 11) is 3.47. The van der Waals surface area contributed by atoms with Gasteiger partial charge in [0.15, 0.2) is 11.3 Å². The van der Waals surface area contributed by atoms with E-state index in [1.54, 1.807) is 71.0 Å². The highest BCUT2D eigenvalue weighted by atomic mass is 16.7. The molecule has 0 radical (unpaired) electrons.